The molecule has 0 radical (unpaired) electrons. The number of nitrogens with zero attached hydrogens (tertiary/aromatic N) is 4. The third kappa shape index (κ3) is 18.1. The topological polar surface area (TPSA) is 86.8 Å². The van der Waals surface area contributed by atoms with Crippen molar-refractivity contribution in [3.63, 3.8) is 0 Å². The van der Waals surface area contributed by atoms with Crippen LogP contribution in [0.3, 0.4) is 0 Å². The van der Waals surface area contributed by atoms with Crippen LogP contribution in [-0.4, -0.2) is 70.9 Å². The molecule has 0 N–H and O–H groups in total. The largest absolute Gasteiger partial charge is 0.490 e. The summed E-state index contributed by atoms with van der Waals surface area (Å²) in [5.74, 6) is 6.54. The van der Waals surface area contributed by atoms with E-state index in [4.69, 9.17) is 37.9 Å². The number of ether oxygens (including phenoxy) is 8. The zero-order valence-corrected chi connectivity index (χ0v) is 70.8. The van der Waals surface area contributed by atoms with E-state index < -0.39 is 0 Å². The van der Waals surface area contributed by atoms with Gasteiger partial charge in [0.15, 0.2) is 0 Å². The van der Waals surface area contributed by atoms with Crippen LogP contribution in [-0.2, 0) is 26.2 Å². The number of fused-ring (bicyclic) bond motifs is 16. The van der Waals surface area contributed by atoms with Crippen LogP contribution in [0.4, 0.5) is 0 Å². The summed E-state index contributed by atoms with van der Waals surface area (Å²) in [5, 5.41) is 0. The Kier molecular flexibility index (Phi) is 27.8. The van der Waals surface area contributed by atoms with Crippen LogP contribution in [0.15, 0.2) is 146 Å². The molecule has 8 aromatic rings. The van der Waals surface area contributed by atoms with Gasteiger partial charge in [0.05, 0.1) is 46.7 Å². The molecule has 0 aromatic heterocycles. The molecule has 112 heavy (non-hydrogen) atoms. The summed E-state index contributed by atoms with van der Waals surface area (Å²) in [7, 11) is 0. The van der Waals surface area contributed by atoms with Gasteiger partial charge in [0.1, 0.15) is 72.9 Å². The standard InChI is InChI=1S/C100H132N4O8/c1-17-21-29-49-77-81-53-86(98(110-66(7)8)89-57-101(61-105-93(81)89)69(13)73-41-33-25-34-42-73)79(51-31-23-19-3)83-55-88(100(112-68(11)12)91-59-103(63-107-95(83)91)71(15)75-45-37-27-38-46-75)80(52-32-24-20-4)84-56-87(99(111-67(9)10)92-60-104(64-108-96(84)92)72(16)76-47-39-28-40-48-76)78(50-30-22-18-2)82-54-85(77)97(109-65(5)6)90-58-102(62-106-94(82)90)70(14)74-43-35-26-36-44-74/h25-28,33-48,53-56,65-72,77-80H,17-24,29-32,49-52,57-64H2,1-16H3/t69-,70-,71-,72-,77?,78?,79?,80?/m0/s1. The molecule has 4 heterocycles. The fourth-order valence-corrected chi connectivity index (χ4v) is 18.5. The molecule has 12 heteroatoms. The normalized spacial score (nSPS) is 19.0. The quantitative estimate of drug-likeness (QED) is 0.0376. The first kappa shape index (κ1) is 82.0. The van der Waals surface area contributed by atoms with E-state index in [0.29, 0.717) is 53.1 Å². The van der Waals surface area contributed by atoms with Gasteiger partial charge in [0.25, 0.3) is 0 Å². The highest BCUT2D eigenvalue weighted by Gasteiger charge is 2.44. The van der Waals surface area contributed by atoms with E-state index in [-0.39, 0.29) is 72.3 Å². The molecular weight excluding hydrogens is 1390 g/mol. The van der Waals surface area contributed by atoms with E-state index >= 15 is 0 Å². The monoisotopic (exact) mass is 1520 g/mol. The van der Waals surface area contributed by atoms with Crippen molar-refractivity contribution < 1.29 is 37.9 Å². The van der Waals surface area contributed by atoms with Crippen LogP contribution in [0, 0.1) is 0 Å². The minimum absolute atomic E-state index is 0.0359. The van der Waals surface area contributed by atoms with Crippen molar-refractivity contribution >= 4 is 0 Å². The molecule has 1 aliphatic carbocycles. The zero-order chi connectivity index (χ0) is 78.7. The number of rotatable bonds is 32. The fraction of sp³-hybridized carbons (Fsp3) is 0.520. The van der Waals surface area contributed by atoms with Gasteiger partial charge in [0, 0.05) is 119 Å². The first-order valence-corrected chi connectivity index (χ1v) is 43.5. The summed E-state index contributed by atoms with van der Waals surface area (Å²) in [4.78, 5) is 10.1. The molecule has 8 aromatic carbocycles. The van der Waals surface area contributed by atoms with Gasteiger partial charge in [-0.3, -0.25) is 19.6 Å². The van der Waals surface area contributed by atoms with Crippen LogP contribution < -0.4 is 37.9 Å². The van der Waals surface area contributed by atoms with Crippen molar-refractivity contribution in [1.82, 2.24) is 19.6 Å². The number of hydrogen-bond acceptors (Lipinski definition) is 12. The first-order chi connectivity index (χ1) is 54.4. The molecular formula is C100H132N4O8. The van der Waals surface area contributed by atoms with Crippen molar-refractivity contribution in [3.8, 4) is 46.0 Å². The van der Waals surface area contributed by atoms with E-state index in [1.165, 1.54) is 66.8 Å². The lowest BCUT2D eigenvalue weighted by Crippen LogP contribution is -2.36. The minimum atomic E-state index is -0.212. The Labute approximate surface area is 673 Å². The van der Waals surface area contributed by atoms with Crippen molar-refractivity contribution in [2.45, 2.75) is 312 Å². The number of unbranched alkanes of at least 4 members (excludes halogenated alkanes) is 8. The van der Waals surface area contributed by atoms with E-state index in [2.05, 4.69) is 276 Å². The molecule has 13 rings (SSSR count). The third-order valence-corrected chi connectivity index (χ3v) is 24.6. The average molecular weight is 1520 g/mol. The van der Waals surface area contributed by atoms with Gasteiger partial charge >= 0.3 is 0 Å². The smallest absolute Gasteiger partial charge is 0.142 e. The highest BCUT2D eigenvalue weighted by atomic mass is 16.5. The second kappa shape index (κ2) is 38.0. The Morgan fingerprint density at radius 3 is 0.652 bits per heavy atom. The van der Waals surface area contributed by atoms with Crippen LogP contribution >= 0.6 is 0 Å². The Hall–Kier alpha value is -8.00. The van der Waals surface area contributed by atoms with Crippen LogP contribution in [0.1, 0.15) is 350 Å². The maximum atomic E-state index is 7.78. The van der Waals surface area contributed by atoms with Crippen molar-refractivity contribution in [1.29, 1.82) is 0 Å². The molecule has 0 fully saturated rings. The Bertz CT molecular complexity index is 3820. The summed E-state index contributed by atoms with van der Waals surface area (Å²) in [6, 6.07) is 54.6. The van der Waals surface area contributed by atoms with Gasteiger partial charge in [-0.25, -0.2) is 0 Å². The predicted molar refractivity (Wildman–Crippen MR) is 456 cm³/mol. The van der Waals surface area contributed by atoms with Crippen LogP contribution in [0.25, 0.3) is 0 Å². The Morgan fingerprint density at radius 1 is 0.277 bits per heavy atom. The maximum Gasteiger partial charge on any atom is 0.142 e. The fourth-order valence-electron chi connectivity index (χ4n) is 18.5. The third-order valence-electron chi connectivity index (χ3n) is 24.6. The minimum Gasteiger partial charge on any atom is -0.490 e. The second-order valence-electron chi connectivity index (χ2n) is 34.1. The lowest BCUT2D eigenvalue weighted by Gasteiger charge is -2.41. The van der Waals surface area contributed by atoms with E-state index in [1.807, 2.05) is 0 Å². The van der Waals surface area contributed by atoms with Gasteiger partial charge in [-0.2, -0.15) is 0 Å². The van der Waals surface area contributed by atoms with Gasteiger partial charge in [-0.1, -0.05) is 226 Å². The lowest BCUT2D eigenvalue weighted by molar-refractivity contribution is 0.0567. The van der Waals surface area contributed by atoms with Gasteiger partial charge in [-0.05, 0) is 155 Å². The predicted octanol–water partition coefficient (Wildman–Crippen LogP) is 25.7. The average Bonchev–Trinajstić information content (AvgIpc) is 0.723. The van der Waals surface area contributed by atoms with Gasteiger partial charge in [-0.15, -0.1) is 0 Å². The van der Waals surface area contributed by atoms with Crippen molar-refractivity contribution in [2.24, 2.45) is 0 Å². The van der Waals surface area contributed by atoms with Crippen LogP contribution in [0.5, 0.6) is 46.0 Å². The Morgan fingerprint density at radius 2 is 0.473 bits per heavy atom. The summed E-state index contributed by atoms with van der Waals surface area (Å²) in [5.41, 5.74) is 18.9. The van der Waals surface area contributed by atoms with E-state index in [9.17, 15) is 0 Å². The number of benzene rings is 8. The molecule has 600 valence electrons. The lowest BCUT2D eigenvalue weighted by atomic mass is 9.74. The second-order valence-corrected chi connectivity index (χ2v) is 34.1. The molecule has 5 aliphatic rings. The molecule has 0 saturated heterocycles. The Balaban J connectivity index is 1.23. The molecule has 0 spiro atoms. The van der Waals surface area contributed by atoms with Gasteiger partial charge in [0.2, 0.25) is 0 Å². The molecule has 4 unspecified atom stereocenters. The summed E-state index contributed by atoms with van der Waals surface area (Å²) in [6.07, 6.45) is 15.3. The molecule has 8 bridgehead atoms. The number of hydrogen-bond donors (Lipinski definition) is 0. The summed E-state index contributed by atoms with van der Waals surface area (Å²) in [6.45, 7) is 40.5. The highest BCUT2D eigenvalue weighted by molar-refractivity contribution is 5.70. The van der Waals surface area contributed by atoms with E-state index in [0.717, 1.165) is 171 Å². The molecule has 0 amide bonds. The molecule has 4 aliphatic heterocycles. The van der Waals surface area contributed by atoms with Crippen LogP contribution in [0.2, 0.25) is 0 Å². The maximum absolute atomic E-state index is 7.78. The van der Waals surface area contributed by atoms with Crippen molar-refractivity contribution in [2.75, 3.05) is 26.9 Å². The summed E-state index contributed by atoms with van der Waals surface area (Å²) < 4.78 is 62.1. The van der Waals surface area contributed by atoms with E-state index in [1.54, 1.807) is 0 Å². The molecule has 0 saturated carbocycles. The highest BCUT2D eigenvalue weighted by Crippen LogP contribution is 2.60. The van der Waals surface area contributed by atoms with Crippen molar-refractivity contribution in [3.05, 3.63) is 235 Å². The zero-order valence-electron chi connectivity index (χ0n) is 70.8. The molecule has 12 nitrogen and oxygen atoms in total. The summed E-state index contributed by atoms with van der Waals surface area (Å²) >= 11 is 0. The molecule has 8 atom stereocenters. The first-order valence-electron chi connectivity index (χ1n) is 43.5. The van der Waals surface area contributed by atoms with Gasteiger partial charge < -0.3 is 37.9 Å². The SMILES string of the molecule is CCCCCC1c2cc(c(OC(C)C)c3c2OCN([C@@H](C)c2ccccc2)C3)C(CCCCC)c2cc(c(OC(C)C)c3c2OCN([C@@H](C)c2ccccc2)C3)C(CCCCC)c2cc(c(OC(C)C)c3c2OCN([C@@H](C)c2ccccc2)C3)C(CCCCC)c2cc1c(OC(C)C)c1c2OCN([C@@H](C)c2ccccc2)C1.